The Morgan fingerprint density at radius 3 is 2.47 bits per heavy atom. The van der Waals surface area contributed by atoms with Crippen molar-refractivity contribution in [1.29, 1.82) is 0 Å². The van der Waals surface area contributed by atoms with Crippen molar-refractivity contribution in [2.75, 3.05) is 7.11 Å². The van der Waals surface area contributed by atoms with Crippen LogP contribution in [0.1, 0.15) is 36.7 Å². The molecule has 0 saturated heterocycles. The van der Waals surface area contributed by atoms with E-state index in [0.29, 0.717) is 11.1 Å². The van der Waals surface area contributed by atoms with Crippen LogP contribution in [-0.4, -0.2) is 29.6 Å². The molecule has 0 atom stereocenters. The number of ether oxygens (including phenoxy) is 1. The first-order valence-electron chi connectivity index (χ1n) is 5.35. The SMILES string of the molecule is COC(=O)c1ccccc1C=[N+]([O-])C(C)(C)C. The van der Waals surface area contributed by atoms with Gasteiger partial charge in [-0.2, -0.15) is 0 Å². The molecule has 0 saturated carbocycles. The minimum Gasteiger partial charge on any atom is -0.623 e. The first kappa shape index (κ1) is 13.2. The highest BCUT2D eigenvalue weighted by Crippen LogP contribution is 2.10. The monoisotopic (exact) mass is 235 g/mol. The normalized spacial score (nSPS) is 12.4. The summed E-state index contributed by atoms with van der Waals surface area (Å²) in [5, 5.41) is 11.8. The molecule has 0 amide bonds. The molecule has 4 heteroatoms. The summed E-state index contributed by atoms with van der Waals surface area (Å²) in [6.45, 7) is 5.41. The summed E-state index contributed by atoms with van der Waals surface area (Å²) in [7, 11) is 1.32. The Kier molecular flexibility index (Phi) is 3.89. The van der Waals surface area contributed by atoms with E-state index in [1.54, 1.807) is 45.0 Å². The Morgan fingerprint density at radius 2 is 1.94 bits per heavy atom. The number of carbonyl (C=O) groups excluding carboxylic acids is 1. The standard InChI is InChI=1S/C13H17NO3/c1-13(2,3)14(16)9-10-7-5-6-8-11(10)12(15)17-4/h5-9H,1-4H3. The van der Waals surface area contributed by atoms with Gasteiger partial charge in [0.05, 0.1) is 18.2 Å². The maximum absolute atomic E-state index is 11.8. The molecule has 4 nitrogen and oxygen atoms in total. The fourth-order valence-electron chi connectivity index (χ4n) is 1.23. The maximum Gasteiger partial charge on any atom is 0.338 e. The van der Waals surface area contributed by atoms with Crippen LogP contribution in [0, 0.1) is 5.21 Å². The molecule has 1 rings (SSSR count). The summed E-state index contributed by atoms with van der Waals surface area (Å²) < 4.78 is 5.49. The lowest BCUT2D eigenvalue weighted by molar-refractivity contribution is -0.530. The summed E-state index contributed by atoms with van der Waals surface area (Å²) in [6.07, 6.45) is 1.41. The van der Waals surface area contributed by atoms with Crippen LogP contribution in [0.15, 0.2) is 24.3 Å². The average molecular weight is 235 g/mol. The lowest BCUT2D eigenvalue weighted by Crippen LogP contribution is -2.29. The van der Waals surface area contributed by atoms with Crippen LogP contribution in [0.2, 0.25) is 0 Å². The Balaban J connectivity index is 3.20. The molecule has 0 radical (unpaired) electrons. The van der Waals surface area contributed by atoms with Crippen molar-refractivity contribution in [3.63, 3.8) is 0 Å². The molecule has 0 aliphatic heterocycles. The molecule has 17 heavy (non-hydrogen) atoms. The van der Waals surface area contributed by atoms with E-state index in [0.717, 1.165) is 4.74 Å². The summed E-state index contributed by atoms with van der Waals surface area (Å²) in [5.74, 6) is -0.445. The molecule has 1 aromatic carbocycles. The fraction of sp³-hybridized carbons (Fsp3) is 0.385. The van der Waals surface area contributed by atoms with Gasteiger partial charge in [-0.1, -0.05) is 12.1 Å². The molecular formula is C13H17NO3. The molecule has 0 unspecified atom stereocenters. The predicted molar refractivity (Wildman–Crippen MR) is 66.3 cm³/mol. The highest BCUT2D eigenvalue weighted by Gasteiger charge is 2.19. The second-order valence-corrected chi connectivity index (χ2v) is 4.70. The van der Waals surface area contributed by atoms with Crippen LogP contribution >= 0.6 is 0 Å². The zero-order chi connectivity index (χ0) is 13.1. The molecule has 0 N–H and O–H groups in total. The zero-order valence-electron chi connectivity index (χ0n) is 10.6. The van der Waals surface area contributed by atoms with Crippen molar-refractivity contribution in [3.05, 3.63) is 40.6 Å². The summed E-state index contributed by atoms with van der Waals surface area (Å²) in [6, 6.07) is 6.85. The number of methoxy groups -OCH3 is 1. The number of hydrogen-bond donors (Lipinski definition) is 0. The van der Waals surface area contributed by atoms with Gasteiger partial charge in [0.15, 0.2) is 11.8 Å². The van der Waals surface area contributed by atoms with Crippen molar-refractivity contribution < 1.29 is 14.3 Å². The van der Waals surface area contributed by atoms with Crippen molar-refractivity contribution in [3.8, 4) is 0 Å². The zero-order valence-corrected chi connectivity index (χ0v) is 10.6. The number of rotatable bonds is 2. The minimum atomic E-state index is -0.538. The van der Waals surface area contributed by atoms with Crippen LogP contribution in [0.25, 0.3) is 0 Å². The highest BCUT2D eigenvalue weighted by molar-refractivity contribution is 5.98. The smallest absolute Gasteiger partial charge is 0.338 e. The molecule has 1 aromatic rings. The second-order valence-electron chi connectivity index (χ2n) is 4.70. The number of benzene rings is 1. The van der Waals surface area contributed by atoms with Gasteiger partial charge in [0.25, 0.3) is 0 Å². The average Bonchev–Trinajstić information content (AvgIpc) is 2.27. The van der Waals surface area contributed by atoms with Crippen LogP contribution in [0.4, 0.5) is 0 Å². The van der Waals surface area contributed by atoms with Gasteiger partial charge in [-0.05, 0) is 12.1 Å². The van der Waals surface area contributed by atoms with E-state index >= 15 is 0 Å². The summed E-state index contributed by atoms with van der Waals surface area (Å²) >= 11 is 0. The van der Waals surface area contributed by atoms with Gasteiger partial charge >= 0.3 is 5.97 Å². The van der Waals surface area contributed by atoms with Gasteiger partial charge in [-0.15, -0.1) is 0 Å². The van der Waals surface area contributed by atoms with E-state index in [4.69, 9.17) is 0 Å². The van der Waals surface area contributed by atoms with Crippen LogP contribution in [0.5, 0.6) is 0 Å². The van der Waals surface area contributed by atoms with Crippen molar-refractivity contribution >= 4 is 12.2 Å². The minimum absolute atomic E-state index is 0.389. The number of nitrogens with zero attached hydrogens (tertiary/aromatic N) is 1. The number of hydroxylamine groups is 1. The second kappa shape index (κ2) is 4.99. The quantitative estimate of drug-likeness (QED) is 0.259. The van der Waals surface area contributed by atoms with Crippen LogP contribution < -0.4 is 0 Å². The molecule has 92 valence electrons. The molecular weight excluding hydrogens is 218 g/mol. The summed E-state index contributed by atoms with van der Waals surface area (Å²) in [5.41, 5.74) is 0.410. The van der Waals surface area contributed by atoms with E-state index in [-0.39, 0.29) is 0 Å². The molecule has 0 aromatic heterocycles. The number of carbonyl (C=O) groups is 1. The maximum atomic E-state index is 11.8. The van der Waals surface area contributed by atoms with Gasteiger partial charge < -0.3 is 9.94 Å². The van der Waals surface area contributed by atoms with Crippen LogP contribution in [0.3, 0.4) is 0 Å². The predicted octanol–water partition coefficient (Wildman–Crippen LogP) is 2.20. The van der Waals surface area contributed by atoms with Gasteiger partial charge in [-0.25, -0.2) is 9.53 Å². The van der Waals surface area contributed by atoms with Gasteiger partial charge in [0.1, 0.15) is 0 Å². The van der Waals surface area contributed by atoms with Gasteiger partial charge in [0.2, 0.25) is 0 Å². The molecule has 0 spiro atoms. The first-order valence-corrected chi connectivity index (χ1v) is 5.35. The highest BCUT2D eigenvalue weighted by atomic mass is 16.5. The first-order chi connectivity index (χ1) is 7.86. The number of esters is 1. The third kappa shape index (κ3) is 3.31. The topological polar surface area (TPSA) is 52.4 Å². The Labute approximate surface area is 101 Å². The Hall–Kier alpha value is -1.84. The van der Waals surface area contributed by atoms with Gasteiger partial charge in [0, 0.05) is 20.8 Å². The Morgan fingerprint density at radius 1 is 1.35 bits per heavy atom. The lowest BCUT2D eigenvalue weighted by atomic mass is 10.1. The third-order valence-corrected chi connectivity index (χ3v) is 2.28. The molecule has 0 aliphatic carbocycles. The largest absolute Gasteiger partial charge is 0.623 e. The van der Waals surface area contributed by atoms with E-state index in [1.165, 1.54) is 13.3 Å². The molecule has 0 bridgehead atoms. The van der Waals surface area contributed by atoms with E-state index in [9.17, 15) is 10.0 Å². The molecule has 0 aliphatic rings. The van der Waals surface area contributed by atoms with Gasteiger partial charge in [-0.3, -0.25) is 0 Å². The van der Waals surface area contributed by atoms with Crippen LogP contribution in [-0.2, 0) is 4.74 Å². The van der Waals surface area contributed by atoms with E-state index in [1.807, 2.05) is 0 Å². The Bertz CT molecular complexity index is 444. The molecule has 0 fully saturated rings. The van der Waals surface area contributed by atoms with Crippen molar-refractivity contribution in [1.82, 2.24) is 0 Å². The van der Waals surface area contributed by atoms with E-state index < -0.39 is 11.5 Å². The van der Waals surface area contributed by atoms with Crippen molar-refractivity contribution in [2.45, 2.75) is 26.3 Å². The summed E-state index contributed by atoms with van der Waals surface area (Å²) in [4.78, 5) is 11.5. The fourth-order valence-corrected chi connectivity index (χ4v) is 1.23. The number of hydrogen-bond acceptors (Lipinski definition) is 3. The lowest BCUT2D eigenvalue weighted by Gasteiger charge is -2.18. The third-order valence-electron chi connectivity index (χ3n) is 2.28. The molecule has 0 heterocycles. The van der Waals surface area contributed by atoms with E-state index in [2.05, 4.69) is 4.74 Å². The van der Waals surface area contributed by atoms with Crippen molar-refractivity contribution in [2.24, 2.45) is 0 Å².